The Labute approximate surface area is 269 Å². The van der Waals surface area contributed by atoms with E-state index in [9.17, 15) is 9.59 Å². The maximum absolute atomic E-state index is 14.2. The first kappa shape index (κ1) is 29.3. The second kappa shape index (κ2) is 11.2. The van der Waals surface area contributed by atoms with Gasteiger partial charge in [-0.05, 0) is 78.9 Å². The van der Waals surface area contributed by atoms with Crippen molar-refractivity contribution < 1.29 is 9.59 Å². The molecule has 0 radical (unpaired) electrons. The summed E-state index contributed by atoms with van der Waals surface area (Å²) < 4.78 is 4.58. The first-order chi connectivity index (χ1) is 21.6. The number of hydrogen-bond acceptors (Lipinski definition) is 8. The Morgan fingerprint density at radius 1 is 1.04 bits per heavy atom. The van der Waals surface area contributed by atoms with Crippen molar-refractivity contribution in [3.8, 4) is 11.1 Å². The fourth-order valence-electron chi connectivity index (χ4n) is 6.85. The highest BCUT2D eigenvalue weighted by molar-refractivity contribution is 9.10. The summed E-state index contributed by atoms with van der Waals surface area (Å²) in [5.74, 6) is 1.33. The Hall–Kier alpha value is -4.45. The van der Waals surface area contributed by atoms with Gasteiger partial charge in [0.05, 0.1) is 23.6 Å². The number of nitrogens with zero attached hydrogens (tertiary/aromatic N) is 8. The number of rotatable bonds is 9. The molecule has 1 aliphatic carbocycles. The number of anilines is 1. The van der Waals surface area contributed by atoms with Gasteiger partial charge in [-0.25, -0.2) is 19.9 Å². The van der Waals surface area contributed by atoms with E-state index in [0.717, 1.165) is 57.7 Å². The molecule has 0 unspecified atom stereocenters. The summed E-state index contributed by atoms with van der Waals surface area (Å²) >= 11 is 3.47. The molecule has 1 saturated heterocycles. The Morgan fingerprint density at radius 3 is 2.58 bits per heavy atom. The molecule has 1 N–H and O–H groups in total. The molecule has 45 heavy (non-hydrogen) atoms. The van der Waals surface area contributed by atoms with Crippen molar-refractivity contribution in [1.82, 2.24) is 39.2 Å². The number of piperidine rings is 1. The van der Waals surface area contributed by atoms with Crippen LogP contribution in [0.5, 0.6) is 0 Å². The smallest absolute Gasteiger partial charge is 0.244 e. The second-order valence-corrected chi connectivity index (χ2v) is 13.2. The molecule has 11 nitrogen and oxygen atoms in total. The third kappa shape index (κ3) is 5.52. The summed E-state index contributed by atoms with van der Waals surface area (Å²) in [5.41, 5.74) is 4.84. The number of likely N-dealkylation sites (tertiary alicyclic amines) is 1. The molecule has 3 atom stereocenters. The van der Waals surface area contributed by atoms with Crippen molar-refractivity contribution >= 4 is 44.3 Å². The van der Waals surface area contributed by atoms with E-state index in [1.807, 2.05) is 57.4 Å². The monoisotopic (exact) mass is 667 g/mol. The van der Waals surface area contributed by atoms with Crippen LogP contribution in [-0.2, 0) is 17.9 Å². The van der Waals surface area contributed by atoms with Gasteiger partial charge in [0.15, 0.2) is 5.78 Å². The van der Waals surface area contributed by atoms with Crippen molar-refractivity contribution in [2.75, 3.05) is 11.9 Å². The molecule has 12 heteroatoms. The van der Waals surface area contributed by atoms with Crippen LogP contribution in [0, 0.1) is 26.2 Å². The number of Topliss-reactive ketones (excluding diaryl/α,β-unsaturated/α-hetero) is 1. The third-order valence-corrected chi connectivity index (χ3v) is 9.56. The Kier molecular flexibility index (Phi) is 7.26. The van der Waals surface area contributed by atoms with Gasteiger partial charge in [-0.15, -0.1) is 0 Å². The maximum atomic E-state index is 14.2. The van der Waals surface area contributed by atoms with Gasteiger partial charge >= 0.3 is 0 Å². The zero-order valence-corrected chi connectivity index (χ0v) is 27.2. The first-order valence-electron chi connectivity index (χ1n) is 15.1. The van der Waals surface area contributed by atoms with E-state index >= 15 is 0 Å². The van der Waals surface area contributed by atoms with Gasteiger partial charge in [-0.1, -0.05) is 12.1 Å². The van der Waals surface area contributed by atoms with Gasteiger partial charge in [-0.2, -0.15) is 5.10 Å². The average Bonchev–Trinajstić information content (AvgIpc) is 3.26. The van der Waals surface area contributed by atoms with E-state index in [4.69, 9.17) is 0 Å². The molecule has 0 bridgehead atoms. The van der Waals surface area contributed by atoms with E-state index in [0.29, 0.717) is 23.4 Å². The number of halogens is 1. The average molecular weight is 669 g/mol. The number of nitrogens with one attached hydrogen (secondary N) is 1. The molecule has 4 aromatic heterocycles. The lowest BCUT2D eigenvalue weighted by Gasteiger charge is -2.28. The van der Waals surface area contributed by atoms with Crippen molar-refractivity contribution in [3.05, 3.63) is 82.6 Å². The molecule has 1 amide bonds. The molecule has 7 rings (SSSR count). The fraction of sp³-hybridized carbons (Fsp3) is 0.364. The highest BCUT2D eigenvalue weighted by atomic mass is 79.9. The number of carbonyl (C=O) groups excluding carboxylic acids is 2. The van der Waals surface area contributed by atoms with E-state index in [1.165, 1.54) is 6.92 Å². The topological polar surface area (TPSA) is 124 Å². The summed E-state index contributed by atoms with van der Waals surface area (Å²) in [5, 5.41) is 8.88. The maximum Gasteiger partial charge on any atom is 0.244 e. The molecule has 2 fully saturated rings. The lowest BCUT2D eigenvalue weighted by molar-refractivity contribution is -0.133. The van der Waals surface area contributed by atoms with Gasteiger partial charge in [0.1, 0.15) is 28.5 Å². The summed E-state index contributed by atoms with van der Waals surface area (Å²) in [4.78, 5) is 46.6. The van der Waals surface area contributed by atoms with Crippen LogP contribution in [0.4, 0.5) is 5.82 Å². The SMILES string of the molecule is CC(=O)c1nn(CC(=O)N2[C@@H](CNc3nc(Br)ccc3C)C[C@@]3(Cn4cnc(C)c4)C[C@@H]23)c2ccc(-c3cnc(C)nc3)cc12. The van der Waals surface area contributed by atoms with Gasteiger partial charge in [0.25, 0.3) is 0 Å². The standard InChI is InChI=1S/C33H34BrN9O2/c1-19-5-8-29(34)39-32(19)37-14-25-10-33(17-41-15-20(2)38-18-41)11-28(33)43(25)30(45)16-42-27-7-6-23(24-12-35-22(4)36-13-24)9-26(27)31(40-42)21(3)44/h5-9,12-13,15,18,25,28H,10-11,14,16-17H2,1-4H3,(H,37,39)/t25-,28-,33+/m1/s1. The number of ketones is 1. The molecule has 5 aromatic rings. The lowest BCUT2D eigenvalue weighted by atomic mass is 9.99. The molecular weight excluding hydrogens is 634 g/mol. The minimum atomic E-state index is -0.152. The summed E-state index contributed by atoms with van der Waals surface area (Å²) in [6.07, 6.45) is 9.30. The van der Waals surface area contributed by atoms with E-state index in [1.54, 1.807) is 17.1 Å². The largest absolute Gasteiger partial charge is 0.368 e. The van der Waals surface area contributed by atoms with E-state index in [-0.39, 0.29) is 35.7 Å². The highest BCUT2D eigenvalue weighted by Gasteiger charge is 2.65. The number of amides is 1. The number of hydrogen-bond donors (Lipinski definition) is 1. The second-order valence-electron chi connectivity index (χ2n) is 12.4. The predicted octanol–water partition coefficient (Wildman–Crippen LogP) is 5.15. The van der Waals surface area contributed by atoms with Crippen LogP contribution in [0.15, 0.2) is 59.9 Å². The molecule has 1 aromatic carbocycles. The van der Waals surface area contributed by atoms with Crippen molar-refractivity contribution in [3.63, 3.8) is 0 Å². The summed E-state index contributed by atoms with van der Waals surface area (Å²) in [7, 11) is 0. The molecule has 230 valence electrons. The Bertz CT molecular complexity index is 1950. The van der Waals surface area contributed by atoms with Gasteiger partial charge in [0, 0.05) is 61.0 Å². The van der Waals surface area contributed by atoms with E-state index in [2.05, 4.69) is 61.9 Å². The Balaban J connectivity index is 1.18. The quantitative estimate of drug-likeness (QED) is 0.169. The summed E-state index contributed by atoms with van der Waals surface area (Å²) in [6.45, 7) is 8.79. The Morgan fingerprint density at radius 2 is 1.84 bits per heavy atom. The highest BCUT2D eigenvalue weighted by Crippen LogP contribution is 2.60. The van der Waals surface area contributed by atoms with Crippen LogP contribution in [0.1, 0.15) is 47.3 Å². The third-order valence-electron chi connectivity index (χ3n) is 9.12. The molecule has 1 saturated carbocycles. The van der Waals surface area contributed by atoms with Crippen LogP contribution >= 0.6 is 15.9 Å². The van der Waals surface area contributed by atoms with Crippen LogP contribution in [0.25, 0.3) is 22.0 Å². The zero-order valence-electron chi connectivity index (χ0n) is 25.7. The van der Waals surface area contributed by atoms with Crippen LogP contribution in [0.2, 0.25) is 0 Å². The fourth-order valence-corrected chi connectivity index (χ4v) is 7.16. The number of benzene rings is 1. The molecular formula is C33H34BrN9O2. The van der Waals surface area contributed by atoms with Crippen molar-refractivity contribution in [2.45, 2.75) is 65.7 Å². The van der Waals surface area contributed by atoms with Gasteiger partial charge in [0.2, 0.25) is 5.91 Å². The van der Waals surface area contributed by atoms with Crippen LogP contribution < -0.4 is 5.32 Å². The lowest BCUT2D eigenvalue weighted by Crippen LogP contribution is -2.44. The molecule has 2 aliphatic rings. The predicted molar refractivity (Wildman–Crippen MR) is 174 cm³/mol. The van der Waals surface area contributed by atoms with Crippen molar-refractivity contribution in [2.24, 2.45) is 5.41 Å². The number of pyridine rings is 1. The molecule has 5 heterocycles. The van der Waals surface area contributed by atoms with E-state index < -0.39 is 0 Å². The molecule has 1 aliphatic heterocycles. The van der Waals surface area contributed by atoms with Crippen LogP contribution in [-0.4, -0.2) is 69.5 Å². The first-order valence-corrected chi connectivity index (χ1v) is 15.9. The number of carbonyl (C=O) groups is 2. The molecule has 0 spiro atoms. The van der Waals surface area contributed by atoms with Gasteiger partial charge in [-0.3, -0.25) is 14.3 Å². The minimum absolute atomic E-state index is 0.00334. The number of fused-ring (bicyclic) bond motifs is 2. The minimum Gasteiger partial charge on any atom is -0.368 e. The van der Waals surface area contributed by atoms with Crippen LogP contribution in [0.3, 0.4) is 0 Å². The summed E-state index contributed by atoms with van der Waals surface area (Å²) in [6, 6.07) is 9.85. The van der Waals surface area contributed by atoms with Gasteiger partial charge < -0.3 is 14.8 Å². The number of aryl methyl sites for hydroxylation is 3. The normalized spacial score (nSPS) is 20.4. The number of aromatic nitrogens is 7. The number of imidazole rings is 1. The van der Waals surface area contributed by atoms with Crippen molar-refractivity contribution in [1.29, 1.82) is 0 Å². The zero-order chi connectivity index (χ0) is 31.5.